The molecule has 19 heavy (non-hydrogen) atoms. The first-order valence-electron chi connectivity index (χ1n) is 6.84. The van der Waals surface area contributed by atoms with Gasteiger partial charge in [0, 0.05) is 19.8 Å². The zero-order chi connectivity index (χ0) is 13.9. The van der Waals surface area contributed by atoms with Gasteiger partial charge >= 0.3 is 5.97 Å². The van der Waals surface area contributed by atoms with Crippen LogP contribution < -0.4 is 5.73 Å². The van der Waals surface area contributed by atoms with Gasteiger partial charge in [0.2, 0.25) is 5.91 Å². The molecule has 0 saturated carbocycles. The molecule has 2 N–H and O–H groups in total. The van der Waals surface area contributed by atoms with Crippen molar-refractivity contribution in [2.75, 3.05) is 26.9 Å². The molecule has 0 aromatic carbocycles. The second-order valence-corrected chi connectivity index (χ2v) is 5.30. The van der Waals surface area contributed by atoms with Crippen molar-refractivity contribution in [2.24, 2.45) is 5.73 Å². The lowest BCUT2D eigenvalue weighted by atomic mass is 9.88. The van der Waals surface area contributed by atoms with Gasteiger partial charge in [0.15, 0.2) is 0 Å². The molecule has 2 heterocycles. The van der Waals surface area contributed by atoms with Crippen LogP contribution in [-0.4, -0.2) is 55.2 Å². The van der Waals surface area contributed by atoms with Crippen molar-refractivity contribution in [1.29, 1.82) is 0 Å². The average Bonchev–Trinajstić information content (AvgIpc) is 2.46. The summed E-state index contributed by atoms with van der Waals surface area (Å²) in [6.45, 7) is 1.58. The first-order valence-corrected chi connectivity index (χ1v) is 6.84. The van der Waals surface area contributed by atoms with E-state index in [2.05, 4.69) is 0 Å². The standard InChI is InChI=1S/C13H22N2O4/c1-18-11(16)10-4-2-3-7-15(10)12(17)13(14)5-8-19-9-6-13/h10H,2-9,14H2,1H3. The zero-order valence-electron chi connectivity index (χ0n) is 11.4. The fourth-order valence-electron chi connectivity index (χ4n) is 2.79. The lowest BCUT2D eigenvalue weighted by Gasteiger charge is -2.41. The summed E-state index contributed by atoms with van der Waals surface area (Å²) in [7, 11) is 1.35. The third kappa shape index (κ3) is 2.90. The van der Waals surface area contributed by atoms with Crippen LogP contribution in [0.5, 0.6) is 0 Å². The van der Waals surface area contributed by atoms with E-state index in [4.69, 9.17) is 15.2 Å². The summed E-state index contributed by atoms with van der Waals surface area (Å²) in [6, 6.07) is -0.477. The first-order chi connectivity index (χ1) is 9.08. The summed E-state index contributed by atoms with van der Waals surface area (Å²) in [5.74, 6) is -0.477. The zero-order valence-corrected chi connectivity index (χ0v) is 11.4. The minimum Gasteiger partial charge on any atom is -0.467 e. The van der Waals surface area contributed by atoms with Gasteiger partial charge in [0.05, 0.1) is 12.6 Å². The van der Waals surface area contributed by atoms with Gasteiger partial charge in [-0.3, -0.25) is 4.79 Å². The molecule has 2 rings (SSSR count). The number of amides is 1. The van der Waals surface area contributed by atoms with Gasteiger partial charge in [0.25, 0.3) is 0 Å². The van der Waals surface area contributed by atoms with Crippen LogP contribution in [0.4, 0.5) is 0 Å². The van der Waals surface area contributed by atoms with Crippen molar-refractivity contribution in [3.8, 4) is 0 Å². The molecule has 1 unspecified atom stereocenters. The van der Waals surface area contributed by atoms with Gasteiger partial charge in [-0.2, -0.15) is 0 Å². The number of nitrogens with two attached hydrogens (primary N) is 1. The number of carbonyl (C=O) groups excluding carboxylic acids is 2. The number of likely N-dealkylation sites (tertiary alicyclic amines) is 1. The number of rotatable bonds is 2. The highest BCUT2D eigenvalue weighted by atomic mass is 16.5. The lowest BCUT2D eigenvalue weighted by molar-refractivity contribution is -0.158. The Balaban J connectivity index is 2.12. The minimum atomic E-state index is -0.887. The van der Waals surface area contributed by atoms with Crippen molar-refractivity contribution >= 4 is 11.9 Å². The number of nitrogens with zero attached hydrogens (tertiary/aromatic N) is 1. The van der Waals surface area contributed by atoms with Crippen molar-refractivity contribution in [2.45, 2.75) is 43.7 Å². The van der Waals surface area contributed by atoms with E-state index >= 15 is 0 Å². The maximum absolute atomic E-state index is 12.6. The molecule has 2 saturated heterocycles. The van der Waals surface area contributed by atoms with E-state index in [9.17, 15) is 9.59 Å². The predicted octanol–water partition coefficient (Wildman–Crippen LogP) is 0.0484. The number of hydrogen-bond acceptors (Lipinski definition) is 5. The normalized spacial score (nSPS) is 26.8. The first kappa shape index (κ1) is 14.3. The third-order valence-electron chi connectivity index (χ3n) is 4.05. The molecule has 1 atom stereocenters. The van der Waals surface area contributed by atoms with E-state index in [1.807, 2.05) is 0 Å². The number of esters is 1. The summed E-state index contributed by atoms with van der Waals surface area (Å²) in [6.07, 6.45) is 3.52. The number of ether oxygens (including phenoxy) is 2. The molecule has 0 aromatic heterocycles. The number of hydrogen-bond donors (Lipinski definition) is 1. The van der Waals surface area contributed by atoms with Crippen LogP contribution in [0.2, 0.25) is 0 Å². The van der Waals surface area contributed by atoms with Crippen LogP contribution in [0.3, 0.4) is 0 Å². The number of carbonyl (C=O) groups is 2. The minimum absolute atomic E-state index is 0.133. The Morgan fingerprint density at radius 3 is 2.63 bits per heavy atom. The second kappa shape index (κ2) is 5.88. The SMILES string of the molecule is COC(=O)C1CCCCN1C(=O)C1(N)CCOCC1. The fourth-order valence-corrected chi connectivity index (χ4v) is 2.79. The van der Waals surface area contributed by atoms with Crippen molar-refractivity contribution in [3.63, 3.8) is 0 Å². The Bertz CT molecular complexity index is 353. The molecule has 0 aliphatic carbocycles. The van der Waals surface area contributed by atoms with Crippen LogP contribution in [0.15, 0.2) is 0 Å². The van der Waals surface area contributed by atoms with Crippen molar-refractivity contribution < 1.29 is 19.1 Å². The van der Waals surface area contributed by atoms with Gasteiger partial charge < -0.3 is 20.1 Å². The van der Waals surface area contributed by atoms with Crippen LogP contribution in [0, 0.1) is 0 Å². The van der Waals surface area contributed by atoms with E-state index in [-0.39, 0.29) is 11.9 Å². The molecule has 1 amide bonds. The number of methoxy groups -OCH3 is 1. The van der Waals surface area contributed by atoms with Gasteiger partial charge in [-0.15, -0.1) is 0 Å². The van der Waals surface area contributed by atoms with E-state index in [1.54, 1.807) is 4.90 Å². The molecule has 2 aliphatic heterocycles. The Hall–Kier alpha value is -1.14. The molecular formula is C13H22N2O4. The lowest BCUT2D eigenvalue weighted by Crippen LogP contribution is -2.62. The maximum Gasteiger partial charge on any atom is 0.328 e. The molecule has 2 fully saturated rings. The largest absolute Gasteiger partial charge is 0.467 e. The predicted molar refractivity (Wildman–Crippen MR) is 68.3 cm³/mol. The van der Waals surface area contributed by atoms with Crippen LogP contribution >= 0.6 is 0 Å². The molecule has 0 spiro atoms. The third-order valence-corrected chi connectivity index (χ3v) is 4.05. The summed E-state index contributed by atoms with van der Waals surface area (Å²) >= 11 is 0. The Morgan fingerprint density at radius 2 is 2.00 bits per heavy atom. The summed E-state index contributed by atoms with van der Waals surface area (Å²) in [5, 5.41) is 0. The quantitative estimate of drug-likeness (QED) is 0.717. The van der Waals surface area contributed by atoms with Crippen molar-refractivity contribution in [1.82, 2.24) is 4.90 Å². The van der Waals surface area contributed by atoms with Crippen LogP contribution in [-0.2, 0) is 19.1 Å². The Kier molecular flexibility index (Phi) is 4.42. The van der Waals surface area contributed by atoms with E-state index in [0.29, 0.717) is 39.0 Å². The summed E-state index contributed by atoms with van der Waals surface area (Å²) in [4.78, 5) is 26.0. The molecule has 0 bridgehead atoms. The molecule has 6 heteroatoms. The molecule has 0 aromatic rings. The van der Waals surface area contributed by atoms with E-state index < -0.39 is 11.6 Å². The summed E-state index contributed by atoms with van der Waals surface area (Å²) in [5.41, 5.74) is 5.33. The Labute approximate surface area is 113 Å². The smallest absolute Gasteiger partial charge is 0.328 e. The molecule has 0 radical (unpaired) electrons. The Morgan fingerprint density at radius 1 is 1.32 bits per heavy atom. The van der Waals surface area contributed by atoms with Crippen LogP contribution in [0.1, 0.15) is 32.1 Å². The number of piperidine rings is 1. The topological polar surface area (TPSA) is 81.9 Å². The average molecular weight is 270 g/mol. The van der Waals surface area contributed by atoms with Gasteiger partial charge in [-0.05, 0) is 32.1 Å². The fraction of sp³-hybridized carbons (Fsp3) is 0.846. The molecule has 2 aliphatic rings. The monoisotopic (exact) mass is 270 g/mol. The molecular weight excluding hydrogens is 248 g/mol. The highest BCUT2D eigenvalue weighted by Gasteiger charge is 2.43. The van der Waals surface area contributed by atoms with Crippen molar-refractivity contribution in [3.05, 3.63) is 0 Å². The van der Waals surface area contributed by atoms with Gasteiger partial charge in [-0.1, -0.05) is 0 Å². The van der Waals surface area contributed by atoms with E-state index in [0.717, 1.165) is 12.8 Å². The molecule has 6 nitrogen and oxygen atoms in total. The highest BCUT2D eigenvalue weighted by molar-refractivity contribution is 5.90. The van der Waals surface area contributed by atoms with E-state index in [1.165, 1.54) is 7.11 Å². The van der Waals surface area contributed by atoms with Gasteiger partial charge in [0.1, 0.15) is 6.04 Å². The maximum atomic E-state index is 12.6. The van der Waals surface area contributed by atoms with Gasteiger partial charge in [-0.25, -0.2) is 4.79 Å². The summed E-state index contributed by atoms with van der Waals surface area (Å²) < 4.78 is 10.0. The second-order valence-electron chi connectivity index (χ2n) is 5.30. The molecule has 108 valence electrons. The van der Waals surface area contributed by atoms with Crippen LogP contribution in [0.25, 0.3) is 0 Å². The highest BCUT2D eigenvalue weighted by Crippen LogP contribution is 2.26.